The van der Waals surface area contributed by atoms with Crippen molar-refractivity contribution in [3.63, 3.8) is 0 Å². The summed E-state index contributed by atoms with van der Waals surface area (Å²) in [5.74, 6) is 0.759. The lowest BCUT2D eigenvalue weighted by Crippen LogP contribution is -2.14. The van der Waals surface area contributed by atoms with Crippen LogP contribution in [0.3, 0.4) is 0 Å². The van der Waals surface area contributed by atoms with Crippen molar-refractivity contribution >= 4 is 15.8 Å². The van der Waals surface area contributed by atoms with Crippen LogP contribution >= 0.6 is 0 Å². The van der Waals surface area contributed by atoms with Crippen LogP contribution in [0.2, 0.25) is 0 Å². The van der Waals surface area contributed by atoms with Crippen molar-refractivity contribution in [2.24, 2.45) is 5.92 Å². The van der Waals surface area contributed by atoms with Gasteiger partial charge in [-0.25, -0.2) is 13.1 Å². The molecule has 6 heteroatoms. The average molecular weight is 355 g/mol. The van der Waals surface area contributed by atoms with E-state index in [1.54, 1.807) is 35.0 Å². The Morgan fingerprint density at radius 2 is 1.60 bits per heavy atom. The van der Waals surface area contributed by atoms with Gasteiger partial charge in [-0.3, -0.25) is 4.72 Å². The van der Waals surface area contributed by atoms with Gasteiger partial charge in [-0.15, -0.1) is 5.10 Å². The van der Waals surface area contributed by atoms with Crippen molar-refractivity contribution in [1.82, 2.24) is 9.78 Å². The Morgan fingerprint density at radius 3 is 2.20 bits per heavy atom. The molecule has 0 fully saturated rings. The van der Waals surface area contributed by atoms with Gasteiger partial charge in [0.2, 0.25) is 0 Å². The summed E-state index contributed by atoms with van der Waals surface area (Å²) in [4.78, 5) is 0.222. The predicted octanol–water partition coefficient (Wildman–Crippen LogP) is 3.87. The van der Waals surface area contributed by atoms with Gasteiger partial charge in [-0.2, -0.15) is 0 Å². The molecule has 1 N–H and O–H groups in total. The summed E-state index contributed by atoms with van der Waals surface area (Å²) in [5.41, 5.74) is 1.76. The van der Waals surface area contributed by atoms with Gasteiger partial charge in [-0.1, -0.05) is 50.2 Å². The number of anilines is 1. The van der Waals surface area contributed by atoms with Gasteiger partial charge in [0, 0.05) is 11.8 Å². The third kappa shape index (κ3) is 4.09. The number of hydrogen-bond donors (Lipinski definition) is 1. The summed E-state index contributed by atoms with van der Waals surface area (Å²) in [7, 11) is -3.67. The van der Waals surface area contributed by atoms with Crippen molar-refractivity contribution in [2.75, 3.05) is 4.72 Å². The second-order valence-electron chi connectivity index (χ2n) is 6.30. The number of rotatable bonds is 6. The zero-order valence-corrected chi connectivity index (χ0v) is 15.1. The predicted molar refractivity (Wildman–Crippen MR) is 99.4 cm³/mol. The van der Waals surface area contributed by atoms with Gasteiger partial charge in [0.1, 0.15) is 0 Å². The quantitative estimate of drug-likeness (QED) is 0.730. The van der Waals surface area contributed by atoms with E-state index in [0.29, 0.717) is 11.7 Å². The van der Waals surface area contributed by atoms with Crippen LogP contribution in [0.4, 0.5) is 5.82 Å². The Morgan fingerprint density at radius 1 is 1.00 bits per heavy atom. The minimum atomic E-state index is -3.67. The van der Waals surface area contributed by atoms with E-state index >= 15 is 0 Å². The van der Waals surface area contributed by atoms with E-state index in [1.165, 1.54) is 0 Å². The molecule has 130 valence electrons. The van der Waals surface area contributed by atoms with Crippen LogP contribution in [-0.4, -0.2) is 18.2 Å². The molecule has 0 unspecified atom stereocenters. The third-order valence-corrected chi connectivity index (χ3v) is 5.08. The van der Waals surface area contributed by atoms with Crippen LogP contribution in [0.15, 0.2) is 71.8 Å². The maximum Gasteiger partial charge on any atom is 0.263 e. The maximum atomic E-state index is 12.6. The van der Waals surface area contributed by atoms with Crippen LogP contribution in [0.1, 0.15) is 19.4 Å². The minimum Gasteiger partial charge on any atom is -0.262 e. The molecule has 25 heavy (non-hydrogen) atoms. The highest BCUT2D eigenvalue weighted by atomic mass is 32.2. The Hall–Kier alpha value is -2.60. The maximum absolute atomic E-state index is 12.6. The Kier molecular flexibility index (Phi) is 4.90. The minimum absolute atomic E-state index is 0.222. The van der Waals surface area contributed by atoms with Crippen LogP contribution in [0.25, 0.3) is 5.69 Å². The SMILES string of the molecule is CC(C)Cc1cn(-c2ccccc2)nc1NS(=O)(=O)c1ccccc1. The largest absolute Gasteiger partial charge is 0.263 e. The van der Waals surface area contributed by atoms with Gasteiger partial charge in [0.15, 0.2) is 5.82 Å². The summed E-state index contributed by atoms with van der Waals surface area (Å²) in [5, 5.41) is 4.47. The number of nitrogens with zero attached hydrogens (tertiary/aromatic N) is 2. The van der Waals surface area contributed by atoms with E-state index in [9.17, 15) is 8.42 Å². The molecule has 2 aromatic carbocycles. The molecule has 1 aromatic heterocycles. The molecule has 0 saturated heterocycles. The first-order valence-electron chi connectivity index (χ1n) is 8.17. The van der Waals surface area contributed by atoms with E-state index in [-0.39, 0.29) is 4.90 Å². The molecule has 3 aromatic rings. The van der Waals surface area contributed by atoms with E-state index < -0.39 is 10.0 Å². The molecule has 0 amide bonds. The van der Waals surface area contributed by atoms with E-state index in [2.05, 4.69) is 23.7 Å². The summed E-state index contributed by atoms with van der Waals surface area (Å²) in [6, 6.07) is 18.0. The van der Waals surface area contributed by atoms with Gasteiger partial charge >= 0.3 is 0 Å². The first kappa shape index (κ1) is 17.2. The number of para-hydroxylation sites is 1. The molecule has 0 aliphatic heterocycles. The molecule has 5 nitrogen and oxygen atoms in total. The molecule has 3 rings (SSSR count). The Balaban J connectivity index is 1.98. The van der Waals surface area contributed by atoms with E-state index in [1.807, 2.05) is 36.5 Å². The van der Waals surface area contributed by atoms with E-state index in [0.717, 1.165) is 17.7 Å². The highest BCUT2D eigenvalue weighted by Crippen LogP contribution is 2.23. The Bertz CT molecular complexity index is 933. The fourth-order valence-corrected chi connectivity index (χ4v) is 3.64. The second kappa shape index (κ2) is 7.11. The normalized spacial score (nSPS) is 11.6. The van der Waals surface area contributed by atoms with Crippen molar-refractivity contribution in [1.29, 1.82) is 0 Å². The molecule has 0 aliphatic rings. The van der Waals surface area contributed by atoms with E-state index in [4.69, 9.17) is 0 Å². The zero-order valence-electron chi connectivity index (χ0n) is 14.3. The molecule has 0 spiro atoms. The average Bonchev–Trinajstić information content (AvgIpc) is 2.98. The monoisotopic (exact) mass is 355 g/mol. The molecule has 0 atom stereocenters. The van der Waals surface area contributed by atoms with Crippen LogP contribution in [-0.2, 0) is 16.4 Å². The van der Waals surface area contributed by atoms with Gasteiger partial charge in [0.25, 0.3) is 10.0 Å². The summed E-state index contributed by atoms with van der Waals surface area (Å²) < 4.78 is 29.6. The van der Waals surface area contributed by atoms with Crippen LogP contribution < -0.4 is 4.72 Å². The summed E-state index contributed by atoms with van der Waals surface area (Å²) >= 11 is 0. The summed E-state index contributed by atoms with van der Waals surface area (Å²) in [6.45, 7) is 4.19. The molecule has 0 saturated carbocycles. The van der Waals surface area contributed by atoms with Crippen LogP contribution in [0, 0.1) is 5.92 Å². The van der Waals surface area contributed by atoms with Gasteiger partial charge in [-0.05, 0) is 36.6 Å². The van der Waals surface area contributed by atoms with Gasteiger partial charge < -0.3 is 0 Å². The zero-order chi connectivity index (χ0) is 17.9. The molecule has 0 aliphatic carbocycles. The molecular formula is C19H21N3O2S. The van der Waals surface area contributed by atoms with Crippen molar-refractivity contribution in [3.8, 4) is 5.69 Å². The van der Waals surface area contributed by atoms with Crippen molar-refractivity contribution in [3.05, 3.63) is 72.4 Å². The highest BCUT2D eigenvalue weighted by molar-refractivity contribution is 7.92. The lowest BCUT2D eigenvalue weighted by atomic mass is 10.1. The second-order valence-corrected chi connectivity index (χ2v) is 7.98. The number of aromatic nitrogens is 2. The summed E-state index contributed by atoms with van der Waals surface area (Å²) in [6.07, 6.45) is 2.62. The molecule has 0 bridgehead atoms. The molecular weight excluding hydrogens is 334 g/mol. The number of sulfonamides is 1. The smallest absolute Gasteiger partial charge is 0.262 e. The van der Waals surface area contributed by atoms with Gasteiger partial charge in [0.05, 0.1) is 10.6 Å². The number of nitrogens with one attached hydrogen (secondary N) is 1. The third-order valence-electron chi connectivity index (χ3n) is 3.72. The number of benzene rings is 2. The highest BCUT2D eigenvalue weighted by Gasteiger charge is 2.19. The number of hydrogen-bond acceptors (Lipinski definition) is 3. The first-order chi connectivity index (χ1) is 12.0. The standard InChI is InChI=1S/C19H21N3O2S/c1-15(2)13-16-14-22(17-9-5-3-6-10-17)20-19(16)21-25(23,24)18-11-7-4-8-12-18/h3-12,14-15H,13H2,1-2H3,(H,20,21). The van der Waals surface area contributed by atoms with Crippen LogP contribution in [0.5, 0.6) is 0 Å². The van der Waals surface area contributed by atoms with Crippen molar-refractivity contribution in [2.45, 2.75) is 25.2 Å². The first-order valence-corrected chi connectivity index (χ1v) is 9.66. The lowest BCUT2D eigenvalue weighted by Gasteiger charge is -2.08. The lowest BCUT2D eigenvalue weighted by molar-refractivity contribution is 0.600. The topological polar surface area (TPSA) is 64.0 Å². The molecule has 0 radical (unpaired) electrons. The molecule has 1 heterocycles. The fraction of sp³-hybridized carbons (Fsp3) is 0.211. The fourth-order valence-electron chi connectivity index (χ4n) is 2.58. The van der Waals surface area contributed by atoms with Crippen molar-refractivity contribution < 1.29 is 8.42 Å². The Labute approximate surface area is 148 Å².